The number of rotatable bonds is 8. The smallest absolute Gasteiger partial charge is 0.232 e. The molecule has 0 spiro atoms. The van der Waals surface area contributed by atoms with E-state index in [0.717, 1.165) is 19.1 Å². The number of hydrogen-bond donors (Lipinski definition) is 1. The van der Waals surface area contributed by atoms with Gasteiger partial charge in [0.05, 0.1) is 11.9 Å². The van der Waals surface area contributed by atoms with E-state index in [2.05, 4.69) is 5.32 Å². The van der Waals surface area contributed by atoms with Gasteiger partial charge in [-0.2, -0.15) is 0 Å². The second kappa shape index (κ2) is 7.78. The third-order valence-electron chi connectivity index (χ3n) is 3.99. The molecule has 1 fully saturated rings. The van der Waals surface area contributed by atoms with Crippen LogP contribution in [0.2, 0.25) is 0 Å². The first-order chi connectivity index (χ1) is 12.4. The standard InChI is InChI=1S/C19H22N2O4S/c1-26(23,24)21(14-13-19(22)20-15-7-8-15)16-9-11-18(12-10-16)25-17-5-3-2-4-6-17/h2-6,9-12,15H,7-8,13-14H2,1H3,(H,20,22). The number of hydrogen-bond acceptors (Lipinski definition) is 4. The lowest BCUT2D eigenvalue weighted by molar-refractivity contribution is -0.121. The predicted octanol–water partition coefficient (Wildman–Crippen LogP) is 2.91. The fraction of sp³-hybridized carbons (Fsp3) is 0.316. The van der Waals surface area contributed by atoms with Crippen LogP contribution in [-0.2, 0) is 14.8 Å². The number of amides is 1. The number of carbonyl (C=O) groups is 1. The molecule has 6 nitrogen and oxygen atoms in total. The average Bonchev–Trinajstić information content (AvgIpc) is 3.40. The fourth-order valence-corrected chi connectivity index (χ4v) is 3.45. The van der Waals surface area contributed by atoms with E-state index in [1.165, 1.54) is 4.31 Å². The van der Waals surface area contributed by atoms with Crippen LogP contribution in [0.3, 0.4) is 0 Å². The van der Waals surface area contributed by atoms with Gasteiger partial charge in [0.1, 0.15) is 11.5 Å². The molecule has 2 aromatic rings. The predicted molar refractivity (Wildman–Crippen MR) is 101 cm³/mol. The Labute approximate surface area is 153 Å². The van der Waals surface area contributed by atoms with E-state index in [1.54, 1.807) is 24.3 Å². The van der Waals surface area contributed by atoms with E-state index in [9.17, 15) is 13.2 Å². The Morgan fingerprint density at radius 1 is 1.08 bits per heavy atom. The Morgan fingerprint density at radius 3 is 2.27 bits per heavy atom. The van der Waals surface area contributed by atoms with E-state index < -0.39 is 10.0 Å². The molecular weight excluding hydrogens is 352 g/mol. The molecular formula is C19H22N2O4S. The lowest BCUT2D eigenvalue weighted by Crippen LogP contribution is -2.35. The molecule has 0 atom stereocenters. The lowest BCUT2D eigenvalue weighted by atomic mass is 10.3. The molecule has 0 saturated heterocycles. The monoisotopic (exact) mass is 374 g/mol. The summed E-state index contributed by atoms with van der Waals surface area (Å²) in [5.74, 6) is 1.20. The Balaban J connectivity index is 1.67. The van der Waals surface area contributed by atoms with Gasteiger partial charge in [0.15, 0.2) is 0 Å². The van der Waals surface area contributed by atoms with E-state index in [0.29, 0.717) is 17.2 Å². The van der Waals surface area contributed by atoms with Crippen molar-refractivity contribution in [1.29, 1.82) is 0 Å². The maximum absolute atomic E-state index is 12.1. The van der Waals surface area contributed by atoms with Crippen LogP contribution in [0.5, 0.6) is 11.5 Å². The molecule has 1 saturated carbocycles. The fourth-order valence-electron chi connectivity index (χ4n) is 2.52. The highest BCUT2D eigenvalue weighted by Crippen LogP contribution is 2.25. The number of ether oxygens (including phenoxy) is 1. The molecule has 0 heterocycles. The van der Waals surface area contributed by atoms with Crippen LogP contribution in [0.15, 0.2) is 54.6 Å². The summed E-state index contributed by atoms with van der Waals surface area (Å²) in [6.45, 7) is 0.107. The zero-order valence-electron chi connectivity index (χ0n) is 14.6. The van der Waals surface area contributed by atoms with Crippen LogP contribution >= 0.6 is 0 Å². The normalized spacial score (nSPS) is 13.9. The molecule has 0 aromatic heterocycles. The minimum absolute atomic E-state index is 0.107. The van der Waals surface area contributed by atoms with E-state index >= 15 is 0 Å². The van der Waals surface area contributed by atoms with Crippen molar-refractivity contribution in [1.82, 2.24) is 5.32 Å². The Kier molecular flexibility index (Phi) is 5.46. The van der Waals surface area contributed by atoms with Crippen LogP contribution in [-0.4, -0.2) is 33.2 Å². The maximum Gasteiger partial charge on any atom is 0.232 e. The first-order valence-electron chi connectivity index (χ1n) is 8.52. The molecule has 1 N–H and O–H groups in total. The Bertz CT molecular complexity index is 847. The van der Waals surface area contributed by atoms with Crippen molar-refractivity contribution in [2.24, 2.45) is 0 Å². The largest absolute Gasteiger partial charge is 0.457 e. The van der Waals surface area contributed by atoms with Crippen LogP contribution < -0.4 is 14.4 Å². The molecule has 0 bridgehead atoms. The number of carbonyl (C=O) groups excluding carboxylic acids is 1. The van der Waals surface area contributed by atoms with Gasteiger partial charge in [-0.1, -0.05) is 18.2 Å². The second-order valence-corrected chi connectivity index (χ2v) is 8.24. The summed E-state index contributed by atoms with van der Waals surface area (Å²) in [5, 5.41) is 2.87. The summed E-state index contributed by atoms with van der Waals surface area (Å²) in [6.07, 6.45) is 3.28. The van der Waals surface area contributed by atoms with E-state index in [-0.39, 0.29) is 24.9 Å². The Morgan fingerprint density at radius 2 is 1.69 bits per heavy atom. The minimum Gasteiger partial charge on any atom is -0.457 e. The van der Waals surface area contributed by atoms with Gasteiger partial charge in [-0.15, -0.1) is 0 Å². The van der Waals surface area contributed by atoms with Crippen molar-refractivity contribution < 1.29 is 17.9 Å². The van der Waals surface area contributed by atoms with Crippen molar-refractivity contribution in [3.05, 3.63) is 54.6 Å². The number of sulfonamides is 1. The number of nitrogens with zero attached hydrogens (tertiary/aromatic N) is 1. The minimum atomic E-state index is -3.49. The molecule has 26 heavy (non-hydrogen) atoms. The van der Waals surface area contributed by atoms with Gasteiger partial charge in [-0.25, -0.2) is 8.42 Å². The topological polar surface area (TPSA) is 75.7 Å². The molecule has 3 rings (SSSR count). The number of nitrogens with one attached hydrogen (secondary N) is 1. The first-order valence-corrected chi connectivity index (χ1v) is 10.4. The van der Waals surface area contributed by atoms with Crippen molar-refractivity contribution in [2.75, 3.05) is 17.1 Å². The summed E-state index contributed by atoms with van der Waals surface area (Å²) in [5.41, 5.74) is 0.507. The van der Waals surface area contributed by atoms with Crippen LogP contribution in [0, 0.1) is 0 Å². The van der Waals surface area contributed by atoms with Gasteiger partial charge < -0.3 is 10.1 Å². The highest BCUT2D eigenvalue weighted by Gasteiger charge is 2.24. The third-order valence-corrected chi connectivity index (χ3v) is 5.18. The molecule has 1 aliphatic rings. The average molecular weight is 374 g/mol. The van der Waals surface area contributed by atoms with Gasteiger partial charge >= 0.3 is 0 Å². The maximum atomic E-state index is 12.1. The van der Waals surface area contributed by atoms with Crippen LogP contribution in [0.1, 0.15) is 19.3 Å². The number of para-hydroxylation sites is 1. The molecule has 0 unspecified atom stereocenters. The second-order valence-electron chi connectivity index (χ2n) is 6.34. The third kappa shape index (κ3) is 5.23. The molecule has 138 valence electrons. The van der Waals surface area contributed by atoms with Crippen molar-refractivity contribution >= 4 is 21.6 Å². The first kappa shape index (κ1) is 18.3. The molecule has 1 amide bonds. The van der Waals surface area contributed by atoms with Gasteiger partial charge in [0.2, 0.25) is 15.9 Å². The molecule has 0 radical (unpaired) electrons. The summed E-state index contributed by atoms with van der Waals surface area (Å²) in [6, 6.07) is 16.4. The zero-order chi connectivity index (χ0) is 18.6. The highest BCUT2D eigenvalue weighted by molar-refractivity contribution is 7.92. The molecule has 7 heteroatoms. The molecule has 1 aliphatic carbocycles. The van der Waals surface area contributed by atoms with Gasteiger partial charge in [-0.3, -0.25) is 9.10 Å². The summed E-state index contributed by atoms with van der Waals surface area (Å²) in [7, 11) is -3.49. The SMILES string of the molecule is CS(=O)(=O)N(CCC(=O)NC1CC1)c1ccc(Oc2ccccc2)cc1. The van der Waals surface area contributed by atoms with Crippen LogP contribution in [0.25, 0.3) is 0 Å². The number of anilines is 1. The van der Waals surface area contributed by atoms with Crippen molar-refractivity contribution in [3.8, 4) is 11.5 Å². The summed E-state index contributed by atoms with van der Waals surface area (Å²) in [4.78, 5) is 11.9. The summed E-state index contributed by atoms with van der Waals surface area (Å²) >= 11 is 0. The van der Waals surface area contributed by atoms with Crippen LogP contribution in [0.4, 0.5) is 5.69 Å². The van der Waals surface area contributed by atoms with Crippen molar-refractivity contribution in [3.63, 3.8) is 0 Å². The van der Waals surface area contributed by atoms with Gasteiger partial charge in [0, 0.05) is 19.0 Å². The summed E-state index contributed by atoms with van der Waals surface area (Å²) < 4.78 is 31.2. The molecule has 2 aromatic carbocycles. The Hall–Kier alpha value is -2.54. The van der Waals surface area contributed by atoms with Crippen molar-refractivity contribution in [2.45, 2.75) is 25.3 Å². The van der Waals surface area contributed by atoms with Gasteiger partial charge in [-0.05, 0) is 49.2 Å². The van der Waals surface area contributed by atoms with E-state index in [1.807, 2.05) is 30.3 Å². The highest BCUT2D eigenvalue weighted by atomic mass is 32.2. The quantitative estimate of drug-likeness (QED) is 0.771. The zero-order valence-corrected chi connectivity index (χ0v) is 15.4. The lowest BCUT2D eigenvalue weighted by Gasteiger charge is -2.22. The molecule has 0 aliphatic heterocycles. The van der Waals surface area contributed by atoms with Gasteiger partial charge in [0.25, 0.3) is 0 Å². The number of benzene rings is 2. The van der Waals surface area contributed by atoms with E-state index in [4.69, 9.17) is 4.74 Å².